The van der Waals surface area contributed by atoms with Gasteiger partial charge in [0.1, 0.15) is 0 Å². The molecular formula is C11H17NOS. The Morgan fingerprint density at radius 2 is 2.14 bits per heavy atom. The van der Waals surface area contributed by atoms with Crippen LogP contribution in [-0.4, -0.2) is 25.5 Å². The molecule has 0 bridgehead atoms. The van der Waals surface area contributed by atoms with Gasteiger partial charge < -0.3 is 10.1 Å². The minimum Gasteiger partial charge on any atom is -0.384 e. The van der Waals surface area contributed by atoms with Gasteiger partial charge in [0.2, 0.25) is 0 Å². The first-order valence-electron chi connectivity index (χ1n) is 4.70. The Bertz CT molecular complexity index is 278. The number of aryl methyl sites for hydroxylation is 1. The Balaban J connectivity index is 2.41. The Kier molecular flexibility index (Phi) is 4.84. The third-order valence-corrected chi connectivity index (χ3v) is 2.36. The van der Waals surface area contributed by atoms with Gasteiger partial charge in [0.25, 0.3) is 0 Å². The molecule has 78 valence electrons. The summed E-state index contributed by atoms with van der Waals surface area (Å²) in [6.07, 6.45) is 0. The molecule has 0 radical (unpaired) electrons. The zero-order valence-electron chi connectivity index (χ0n) is 8.66. The van der Waals surface area contributed by atoms with E-state index in [1.807, 2.05) is 12.1 Å². The number of anilines is 1. The zero-order valence-corrected chi connectivity index (χ0v) is 9.55. The number of thiol groups is 1. The Morgan fingerprint density at radius 1 is 1.43 bits per heavy atom. The molecule has 0 aliphatic heterocycles. The van der Waals surface area contributed by atoms with Gasteiger partial charge in [-0.05, 0) is 18.6 Å². The van der Waals surface area contributed by atoms with Crippen LogP contribution in [0.5, 0.6) is 0 Å². The van der Waals surface area contributed by atoms with E-state index in [9.17, 15) is 0 Å². The summed E-state index contributed by atoms with van der Waals surface area (Å²) in [7, 11) is 1.69. The Hall–Kier alpha value is -0.670. The van der Waals surface area contributed by atoms with Crippen LogP contribution in [-0.2, 0) is 4.74 Å². The van der Waals surface area contributed by atoms with E-state index in [0.717, 1.165) is 6.54 Å². The van der Waals surface area contributed by atoms with Crippen molar-refractivity contribution in [2.24, 2.45) is 0 Å². The van der Waals surface area contributed by atoms with Crippen molar-refractivity contribution in [3.8, 4) is 0 Å². The summed E-state index contributed by atoms with van der Waals surface area (Å²) in [4.78, 5) is 0. The molecule has 0 fully saturated rings. The molecule has 1 atom stereocenters. The molecule has 0 amide bonds. The van der Waals surface area contributed by atoms with Crippen LogP contribution >= 0.6 is 12.6 Å². The van der Waals surface area contributed by atoms with Gasteiger partial charge in [-0.15, -0.1) is 0 Å². The number of methoxy groups -OCH3 is 1. The molecule has 1 N–H and O–H groups in total. The summed E-state index contributed by atoms with van der Waals surface area (Å²) in [6, 6.07) is 8.22. The van der Waals surface area contributed by atoms with E-state index in [1.54, 1.807) is 7.11 Å². The number of hydrogen-bond acceptors (Lipinski definition) is 3. The van der Waals surface area contributed by atoms with Gasteiger partial charge in [0, 0.05) is 24.6 Å². The van der Waals surface area contributed by atoms with Crippen LogP contribution in [0.25, 0.3) is 0 Å². The number of nitrogens with one attached hydrogen (secondary N) is 1. The number of hydrogen-bond donors (Lipinski definition) is 2. The van der Waals surface area contributed by atoms with E-state index in [2.05, 4.69) is 37.0 Å². The minimum atomic E-state index is 0.236. The molecule has 0 spiro atoms. The summed E-state index contributed by atoms with van der Waals surface area (Å²) in [5, 5.41) is 3.58. The van der Waals surface area contributed by atoms with Gasteiger partial charge in [-0.3, -0.25) is 0 Å². The first kappa shape index (κ1) is 11.4. The SMILES string of the molecule is COCC(S)CNc1ccccc1C. The summed E-state index contributed by atoms with van der Waals surface area (Å²) >= 11 is 4.39. The van der Waals surface area contributed by atoms with Gasteiger partial charge in [0.05, 0.1) is 6.61 Å². The van der Waals surface area contributed by atoms with Gasteiger partial charge in [0.15, 0.2) is 0 Å². The lowest BCUT2D eigenvalue weighted by Crippen LogP contribution is -2.19. The van der Waals surface area contributed by atoms with E-state index < -0.39 is 0 Å². The highest BCUT2D eigenvalue weighted by Gasteiger charge is 2.02. The highest BCUT2D eigenvalue weighted by atomic mass is 32.1. The predicted octanol–water partition coefficient (Wildman–Crippen LogP) is 2.35. The molecule has 14 heavy (non-hydrogen) atoms. The van der Waals surface area contributed by atoms with Gasteiger partial charge >= 0.3 is 0 Å². The normalized spacial score (nSPS) is 12.5. The fourth-order valence-corrected chi connectivity index (χ4v) is 1.49. The molecule has 0 aliphatic carbocycles. The minimum absolute atomic E-state index is 0.236. The molecule has 0 saturated heterocycles. The van der Waals surface area contributed by atoms with Crippen LogP contribution in [0.15, 0.2) is 24.3 Å². The average molecular weight is 211 g/mol. The predicted molar refractivity (Wildman–Crippen MR) is 64.3 cm³/mol. The van der Waals surface area contributed by atoms with Crippen LogP contribution in [0, 0.1) is 6.92 Å². The van der Waals surface area contributed by atoms with E-state index >= 15 is 0 Å². The highest BCUT2D eigenvalue weighted by Crippen LogP contribution is 2.13. The number of benzene rings is 1. The molecule has 3 heteroatoms. The van der Waals surface area contributed by atoms with Crippen molar-refractivity contribution in [3.63, 3.8) is 0 Å². The van der Waals surface area contributed by atoms with Crippen LogP contribution in [0.4, 0.5) is 5.69 Å². The molecule has 1 aromatic rings. The Morgan fingerprint density at radius 3 is 2.79 bits per heavy atom. The van der Waals surface area contributed by atoms with Crippen molar-refractivity contribution in [1.82, 2.24) is 0 Å². The maximum Gasteiger partial charge on any atom is 0.0595 e. The van der Waals surface area contributed by atoms with E-state index in [-0.39, 0.29) is 5.25 Å². The van der Waals surface area contributed by atoms with Crippen LogP contribution in [0.2, 0.25) is 0 Å². The van der Waals surface area contributed by atoms with Crippen LogP contribution < -0.4 is 5.32 Å². The topological polar surface area (TPSA) is 21.3 Å². The summed E-state index contributed by atoms with van der Waals surface area (Å²) in [5.41, 5.74) is 2.42. The number of ether oxygens (including phenoxy) is 1. The summed E-state index contributed by atoms with van der Waals surface area (Å²) in [6.45, 7) is 3.58. The first-order valence-corrected chi connectivity index (χ1v) is 5.22. The van der Waals surface area contributed by atoms with Crippen molar-refractivity contribution in [3.05, 3.63) is 29.8 Å². The second-order valence-corrected chi connectivity index (χ2v) is 4.04. The van der Waals surface area contributed by atoms with E-state index in [4.69, 9.17) is 4.74 Å². The smallest absolute Gasteiger partial charge is 0.0595 e. The van der Waals surface area contributed by atoms with Crippen molar-refractivity contribution < 1.29 is 4.74 Å². The van der Waals surface area contributed by atoms with Gasteiger partial charge in [-0.2, -0.15) is 12.6 Å². The fourth-order valence-electron chi connectivity index (χ4n) is 1.25. The van der Waals surface area contributed by atoms with Crippen LogP contribution in [0.3, 0.4) is 0 Å². The monoisotopic (exact) mass is 211 g/mol. The Labute approximate surface area is 91.1 Å². The standard InChI is InChI=1S/C11H17NOS/c1-9-5-3-4-6-11(9)12-7-10(14)8-13-2/h3-6,10,12,14H,7-8H2,1-2H3. The molecule has 1 aromatic carbocycles. The third-order valence-electron chi connectivity index (χ3n) is 2.03. The lowest BCUT2D eigenvalue weighted by atomic mass is 10.2. The molecule has 0 saturated carbocycles. The summed E-state index contributed by atoms with van der Waals surface area (Å²) < 4.78 is 5.01. The average Bonchev–Trinajstić information content (AvgIpc) is 2.17. The van der Waals surface area contributed by atoms with Crippen molar-refractivity contribution in [2.75, 3.05) is 25.6 Å². The maximum atomic E-state index is 5.01. The van der Waals surface area contributed by atoms with Gasteiger partial charge in [-0.25, -0.2) is 0 Å². The molecule has 0 aromatic heterocycles. The lowest BCUT2D eigenvalue weighted by Gasteiger charge is -2.13. The second kappa shape index (κ2) is 5.94. The summed E-state index contributed by atoms with van der Waals surface area (Å²) in [5.74, 6) is 0. The largest absolute Gasteiger partial charge is 0.384 e. The third kappa shape index (κ3) is 3.60. The molecule has 0 aliphatic rings. The van der Waals surface area contributed by atoms with Crippen molar-refractivity contribution >= 4 is 18.3 Å². The molecule has 2 nitrogen and oxygen atoms in total. The zero-order chi connectivity index (χ0) is 10.4. The maximum absolute atomic E-state index is 5.01. The van der Waals surface area contributed by atoms with Crippen molar-refractivity contribution in [2.45, 2.75) is 12.2 Å². The molecule has 0 heterocycles. The number of rotatable bonds is 5. The van der Waals surface area contributed by atoms with Gasteiger partial charge in [-0.1, -0.05) is 18.2 Å². The van der Waals surface area contributed by atoms with E-state index in [0.29, 0.717) is 6.61 Å². The second-order valence-electron chi connectivity index (χ2n) is 3.30. The molecule has 1 rings (SSSR count). The lowest BCUT2D eigenvalue weighted by molar-refractivity contribution is 0.202. The van der Waals surface area contributed by atoms with Crippen LogP contribution in [0.1, 0.15) is 5.56 Å². The quantitative estimate of drug-likeness (QED) is 0.730. The fraction of sp³-hybridized carbons (Fsp3) is 0.455. The first-order chi connectivity index (χ1) is 6.74. The van der Waals surface area contributed by atoms with E-state index in [1.165, 1.54) is 11.3 Å². The van der Waals surface area contributed by atoms with Crippen molar-refractivity contribution in [1.29, 1.82) is 0 Å². The number of para-hydroxylation sites is 1. The molecule has 1 unspecified atom stereocenters. The highest BCUT2D eigenvalue weighted by molar-refractivity contribution is 7.81. The molecular weight excluding hydrogens is 194 g/mol.